The molecule has 2 rings (SSSR count). The molecule has 0 atom stereocenters. The molecule has 0 saturated carbocycles. The lowest BCUT2D eigenvalue weighted by Gasteiger charge is -2.07. The lowest BCUT2D eigenvalue weighted by molar-refractivity contribution is -0.385. The maximum absolute atomic E-state index is 11.1. The third kappa shape index (κ3) is 2.20. The molecule has 0 unspecified atom stereocenters. The molecular weight excluding hydrogens is 252 g/mol. The van der Waals surface area contributed by atoms with Crippen LogP contribution in [0.3, 0.4) is 0 Å². The first-order chi connectivity index (χ1) is 8.93. The second-order valence-corrected chi connectivity index (χ2v) is 3.82. The van der Waals surface area contributed by atoms with Crippen molar-refractivity contribution in [2.24, 2.45) is 5.84 Å². The average molecular weight is 264 g/mol. The fourth-order valence-electron chi connectivity index (χ4n) is 1.70. The minimum Gasteiger partial charge on any atom is -0.292 e. The van der Waals surface area contributed by atoms with E-state index < -0.39 is 4.92 Å². The number of nitrogens with one attached hydrogen (secondary N) is 1. The van der Waals surface area contributed by atoms with E-state index in [4.69, 9.17) is 5.84 Å². The first kappa shape index (κ1) is 12.8. The Kier molecular flexibility index (Phi) is 3.09. The number of aromatic nitrogens is 5. The van der Waals surface area contributed by atoms with Crippen LogP contribution in [-0.2, 0) is 0 Å². The van der Waals surface area contributed by atoms with Crippen LogP contribution in [-0.4, -0.2) is 29.7 Å². The number of nitrogens with zero attached hydrogens (tertiary/aromatic N) is 6. The van der Waals surface area contributed by atoms with Crippen LogP contribution in [0.4, 0.5) is 11.6 Å². The number of hydrogen-bond acceptors (Lipinski definition) is 8. The molecule has 0 radical (unpaired) electrons. The third-order valence-electron chi connectivity index (χ3n) is 2.43. The fourth-order valence-corrected chi connectivity index (χ4v) is 1.70. The number of nitrogen functional groups attached to an aromatic ring is 1. The van der Waals surface area contributed by atoms with E-state index in [9.17, 15) is 10.1 Å². The van der Waals surface area contributed by atoms with Gasteiger partial charge in [-0.05, 0) is 20.8 Å². The van der Waals surface area contributed by atoms with Crippen molar-refractivity contribution in [2.45, 2.75) is 20.8 Å². The molecule has 0 aliphatic heterocycles. The maximum atomic E-state index is 11.1. The first-order valence-corrected chi connectivity index (χ1v) is 5.34. The zero-order valence-electron chi connectivity index (χ0n) is 10.6. The maximum Gasteiger partial charge on any atom is 0.334 e. The molecule has 3 N–H and O–H groups in total. The van der Waals surface area contributed by atoms with Crippen molar-refractivity contribution < 1.29 is 4.92 Å². The van der Waals surface area contributed by atoms with Gasteiger partial charge in [0.25, 0.3) is 0 Å². The molecule has 10 nitrogen and oxygen atoms in total. The molecule has 0 saturated heterocycles. The van der Waals surface area contributed by atoms with Gasteiger partial charge >= 0.3 is 5.69 Å². The van der Waals surface area contributed by atoms with Gasteiger partial charge in [-0.3, -0.25) is 15.5 Å². The van der Waals surface area contributed by atoms with Crippen LogP contribution >= 0.6 is 0 Å². The predicted octanol–water partition coefficient (Wildman–Crippen LogP) is 0.176. The van der Waals surface area contributed by atoms with Gasteiger partial charge in [-0.25, -0.2) is 15.8 Å². The van der Waals surface area contributed by atoms with Crippen LogP contribution in [0.15, 0.2) is 0 Å². The molecule has 0 amide bonds. The summed E-state index contributed by atoms with van der Waals surface area (Å²) in [6, 6.07) is 0. The Morgan fingerprint density at radius 2 is 1.95 bits per heavy atom. The van der Waals surface area contributed by atoms with Gasteiger partial charge in [0.05, 0.1) is 4.92 Å². The van der Waals surface area contributed by atoms with Crippen molar-refractivity contribution in [1.82, 2.24) is 24.7 Å². The summed E-state index contributed by atoms with van der Waals surface area (Å²) in [7, 11) is 0. The predicted molar refractivity (Wildman–Crippen MR) is 65.6 cm³/mol. The van der Waals surface area contributed by atoms with Crippen LogP contribution in [0.5, 0.6) is 0 Å². The molecule has 10 heteroatoms. The largest absolute Gasteiger partial charge is 0.334 e. The number of nitrogens with two attached hydrogens (primary N) is 1. The normalized spacial score (nSPS) is 10.5. The van der Waals surface area contributed by atoms with Crippen LogP contribution < -0.4 is 11.3 Å². The molecular formula is C9H12N8O2. The number of anilines is 1. The van der Waals surface area contributed by atoms with Gasteiger partial charge in [0.1, 0.15) is 17.3 Å². The van der Waals surface area contributed by atoms with Crippen molar-refractivity contribution in [1.29, 1.82) is 0 Å². The summed E-state index contributed by atoms with van der Waals surface area (Å²) in [6.07, 6.45) is 0. The molecule has 0 aliphatic carbocycles. The van der Waals surface area contributed by atoms with E-state index in [0.717, 1.165) is 0 Å². The van der Waals surface area contributed by atoms with E-state index in [-0.39, 0.29) is 23.1 Å². The fraction of sp³-hybridized carbons (Fsp3) is 0.333. The number of hydrogen-bond donors (Lipinski definition) is 2. The molecule has 2 heterocycles. The number of rotatable bonds is 3. The van der Waals surface area contributed by atoms with Gasteiger partial charge in [0.15, 0.2) is 0 Å². The molecule has 0 bridgehead atoms. The Morgan fingerprint density at radius 3 is 2.42 bits per heavy atom. The van der Waals surface area contributed by atoms with Crippen molar-refractivity contribution in [3.8, 4) is 5.82 Å². The molecule has 0 spiro atoms. The Hall–Kier alpha value is -2.62. The van der Waals surface area contributed by atoms with Gasteiger partial charge in [-0.2, -0.15) is 9.67 Å². The molecule has 0 aromatic carbocycles. The lowest BCUT2D eigenvalue weighted by Crippen LogP contribution is -2.15. The standard InChI is InChI=1S/C9H12N8O2/c1-4-7(17(18)19)8(13-9(11-4)14-10)16-6(3)12-5(2)15-16/h10H2,1-3H3,(H,11,13,14). The minimum atomic E-state index is -0.554. The third-order valence-corrected chi connectivity index (χ3v) is 2.43. The summed E-state index contributed by atoms with van der Waals surface area (Å²) >= 11 is 0. The Labute approximate surface area is 107 Å². The number of nitro groups is 1. The quantitative estimate of drug-likeness (QED) is 0.454. The molecule has 0 aliphatic rings. The summed E-state index contributed by atoms with van der Waals surface area (Å²) in [5.74, 6) is 6.33. The van der Waals surface area contributed by atoms with E-state index in [1.54, 1.807) is 13.8 Å². The summed E-state index contributed by atoms with van der Waals surface area (Å²) in [4.78, 5) is 22.6. The zero-order chi connectivity index (χ0) is 14.2. The second kappa shape index (κ2) is 4.57. The van der Waals surface area contributed by atoms with Gasteiger partial charge in [-0.1, -0.05) is 0 Å². The van der Waals surface area contributed by atoms with Crippen LogP contribution in [0, 0.1) is 30.9 Å². The lowest BCUT2D eigenvalue weighted by atomic mass is 10.3. The second-order valence-electron chi connectivity index (χ2n) is 3.82. The van der Waals surface area contributed by atoms with Gasteiger partial charge in [0, 0.05) is 0 Å². The summed E-state index contributed by atoms with van der Waals surface area (Å²) in [5, 5.41) is 15.2. The highest BCUT2D eigenvalue weighted by atomic mass is 16.6. The number of aryl methyl sites for hydroxylation is 3. The molecule has 100 valence electrons. The molecule has 19 heavy (non-hydrogen) atoms. The van der Waals surface area contributed by atoms with Crippen molar-refractivity contribution in [3.05, 3.63) is 27.5 Å². The van der Waals surface area contributed by atoms with E-state index in [1.807, 2.05) is 0 Å². The van der Waals surface area contributed by atoms with E-state index in [1.165, 1.54) is 11.6 Å². The highest BCUT2D eigenvalue weighted by molar-refractivity contribution is 5.53. The average Bonchev–Trinajstić information content (AvgIpc) is 2.66. The molecule has 2 aromatic heterocycles. The highest BCUT2D eigenvalue weighted by Gasteiger charge is 2.25. The van der Waals surface area contributed by atoms with Gasteiger partial charge in [-0.15, -0.1) is 5.10 Å². The van der Waals surface area contributed by atoms with Gasteiger partial charge < -0.3 is 0 Å². The summed E-state index contributed by atoms with van der Waals surface area (Å²) < 4.78 is 1.29. The van der Waals surface area contributed by atoms with Crippen molar-refractivity contribution in [3.63, 3.8) is 0 Å². The SMILES string of the molecule is Cc1nc(C)n(-c2nc(NN)nc(C)c2[N+](=O)[O-])n1. The van der Waals surface area contributed by atoms with Crippen LogP contribution in [0.1, 0.15) is 17.3 Å². The summed E-state index contributed by atoms with van der Waals surface area (Å²) in [6.45, 7) is 4.87. The first-order valence-electron chi connectivity index (χ1n) is 5.34. The van der Waals surface area contributed by atoms with Crippen LogP contribution in [0.2, 0.25) is 0 Å². The molecule has 2 aromatic rings. The topological polar surface area (TPSA) is 138 Å². The van der Waals surface area contributed by atoms with E-state index in [2.05, 4.69) is 25.5 Å². The van der Waals surface area contributed by atoms with Crippen molar-refractivity contribution >= 4 is 11.6 Å². The Morgan fingerprint density at radius 1 is 1.26 bits per heavy atom. The number of hydrazine groups is 1. The highest BCUT2D eigenvalue weighted by Crippen LogP contribution is 2.25. The van der Waals surface area contributed by atoms with E-state index in [0.29, 0.717) is 11.6 Å². The minimum absolute atomic E-state index is 0.0311. The van der Waals surface area contributed by atoms with E-state index >= 15 is 0 Å². The molecule has 0 fully saturated rings. The monoisotopic (exact) mass is 264 g/mol. The van der Waals surface area contributed by atoms with Crippen LogP contribution in [0.25, 0.3) is 5.82 Å². The smallest absolute Gasteiger partial charge is 0.292 e. The summed E-state index contributed by atoms with van der Waals surface area (Å²) in [5.41, 5.74) is 2.22. The Bertz CT molecular complexity index is 650. The van der Waals surface area contributed by atoms with Gasteiger partial charge in [0.2, 0.25) is 11.8 Å². The van der Waals surface area contributed by atoms with Crippen molar-refractivity contribution in [2.75, 3.05) is 5.43 Å². The Balaban J connectivity index is 2.76. The zero-order valence-corrected chi connectivity index (χ0v) is 10.6.